The van der Waals surface area contributed by atoms with Crippen molar-refractivity contribution in [2.75, 3.05) is 13.7 Å². The number of H-pyrrole nitrogens is 1. The number of thiazole rings is 1. The number of nitrogens with zero attached hydrogens (tertiary/aromatic N) is 3. The van der Waals surface area contributed by atoms with Crippen molar-refractivity contribution in [1.29, 1.82) is 0 Å². The Morgan fingerprint density at radius 2 is 2.14 bits per heavy atom. The van der Waals surface area contributed by atoms with Gasteiger partial charge in [0.15, 0.2) is 0 Å². The number of fused-ring (bicyclic) bond motifs is 1. The molecule has 1 amide bonds. The Morgan fingerprint density at radius 1 is 1.29 bits per heavy atom. The topological polar surface area (TPSA) is 84.8 Å². The Hall–Kier alpha value is -3.13. The van der Waals surface area contributed by atoms with Crippen LogP contribution in [0.3, 0.4) is 0 Å². The Labute approximate surface area is 166 Å². The Bertz CT molecular complexity index is 1140. The van der Waals surface area contributed by atoms with Gasteiger partial charge in [0.05, 0.1) is 18.5 Å². The van der Waals surface area contributed by atoms with E-state index in [1.165, 1.54) is 0 Å². The van der Waals surface area contributed by atoms with Crippen LogP contribution in [-0.4, -0.2) is 39.3 Å². The van der Waals surface area contributed by atoms with Gasteiger partial charge in [0.25, 0.3) is 5.91 Å². The SMILES string of the molecule is COc1ccc2cc(C(=O)NCCc3csc(-n4nc(C)cc4C)n3)[nH]c2c1. The molecule has 3 aromatic heterocycles. The maximum Gasteiger partial charge on any atom is 0.267 e. The van der Waals surface area contributed by atoms with Gasteiger partial charge in [-0.05, 0) is 38.1 Å². The van der Waals surface area contributed by atoms with Gasteiger partial charge in [-0.1, -0.05) is 0 Å². The van der Waals surface area contributed by atoms with Crippen molar-refractivity contribution in [3.8, 4) is 10.9 Å². The molecule has 0 fully saturated rings. The van der Waals surface area contributed by atoms with Crippen molar-refractivity contribution in [2.45, 2.75) is 20.3 Å². The highest BCUT2D eigenvalue weighted by atomic mass is 32.1. The normalized spacial score (nSPS) is 11.1. The van der Waals surface area contributed by atoms with Gasteiger partial charge < -0.3 is 15.0 Å². The summed E-state index contributed by atoms with van der Waals surface area (Å²) < 4.78 is 7.06. The average molecular weight is 395 g/mol. The van der Waals surface area contributed by atoms with Crippen molar-refractivity contribution in [3.05, 3.63) is 58.5 Å². The second-order valence-electron chi connectivity index (χ2n) is 6.60. The molecule has 28 heavy (non-hydrogen) atoms. The minimum absolute atomic E-state index is 0.135. The fraction of sp³-hybridized carbons (Fsp3) is 0.250. The van der Waals surface area contributed by atoms with E-state index < -0.39 is 0 Å². The zero-order valence-electron chi connectivity index (χ0n) is 15.9. The van der Waals surface area contributed by atoms with Crippen LogP contribution < -0.4 is 10.1 Å². The number of nitrogens with one attached hydrogen (secondary N) is 2. The molecule has 0 saturated heterocycles. The maximum absolute atomic E-state index is 12.4. The summed E-state index contributed by atoms with van der Waals surface area (Å²) >= 11 is 1.55. The van der Waals surface area contributed by atoms with E-state index in [1.54, 1.807) is 18.4 Å². The number of ether oxygens (including phenoxy) is 1. The highest BCUT2D eigenvalue weighted by molar-refractivity contribution is 7.12. The summed E-state index contributed by atoms with van der Waals surface area (Å²) in [6.07, 6.45) is 0.662. The second kappa shape index (κ2) is 7.47. The van der Waals surface area contributed by atoms with E-state index in [1.807, 2.05) is 54.2 Å². The monoisotopic (exact) mass is 395 g/mol. The molecule has 0 spiro atoms. The first-order chi connectivity index (χ1) is 13.5. The van der Waals surface area contributed by atoms with Crippen LogP contribution >= 0.6 is 11.3 Å². The highest BCUT2D eigenvalue weighted by Gasteiger charge is 2.11. The standard InChI is InChI=1S/C20H21N5O2S/c1-12-8-13(2)25(24-12)20-22-15(11-28-20)6-7-21-19(26)18-9-14-4-5-16(27-3)10-17(14)23-18/h4-5,8-11,23H,6-7H2,1-3H3,(H,21,26). The molecule has 0 radical (unpaired) electrons. The molecule has 0 atom stereocenters. The quantitative estimate of drug-likeness (QED) is 0.524. The number of aromatic nitrogens is 4. The van der Waals surface area contributed by atoms with Gasteiger partial charge in [0.2, 0.25) is 5.13 Å². The molecule has 0 bridgehead atoms. The number of carbonyl (C=O) groups excluding carboxylic acids is 1. The molecule has 0 aliphatic carbocycles. The largest absolute Gasteiger partial charge is 0.497 e. The maximum atomic E-state index is 12.4. The summed E-state index contributed by atoms with van der Waals surface area (Å²) in [5.74, 6) is 0.618. The number of methoxy groups -OCH3 is 1. The number of hydrogen-bond acceptors (Lipinski definition) is 5. The highest BCUT2D eigenvalue weighted by Crippen LogP contribution is 2.21. The van der Waals surface area contributed by atoms with Gasteiger partial charge in [-0.2, -0.15) is 5.10 Å². The van der Waals surface area contributed by atoms with Crippen LogP contribution in [0.1, 0.15) is 27.6 Å². The van der Waals surface area contributed by atoms with Crippen molar-refractivity contribution >= 4 is 28.1 Å². The van der Waals surface area contributed by atoms with Crippen LogP contribution in [-0.2, 0) is 6.42 Å². The summed E-state index contributed by atoms with van der Waals surface area (Å²) in [5.41, 5.74) is 4.37. The van der Waals surface area contributed by atoms with Gasteiger partial charge >= 0.3 is 0 Å². The first kappa shape index (κ1) is 18.2. The van der Waals surface area contributed by atoms with Crippen LogP contribution in [0.5, 0.6) is 5.75 Å². The van der Waals surface area contributed by atoms with E-state index in [2.05, 4.69) is 20.4 Å². The average Bonchev–Trinajstić information content (AvgIpc) is 3.39. The number of benzene rings is 1. The number of aryl methyl sites for hydroxylation is 2. The van der Waals surface area contributed by atoms with E-state index in [-0.39, 0.29) is 5.91 Å². The fourth-order valence-corrected chi connectivity index (χ4v) is 3.95. The van der Waals surface area contributed by atoms with Gasteiger partial charge in [-0.3, -0.25) is 4.79 Å². The zero-order chi connectivity index (χ0) is 19.7. The third-order valence-corrected chi connectivity index (χ3v) is 5.34. The molecule has 2 N–H and O–H groups in total. The van der Waals surface area contributed by atoms with Gasteiger partial charge in [0, 0.05) is 41.0 Å². The van der Waals surface area contributed by atoms with E-state index in [0.717, 1.165) is 38.9 Å². The van der Waals surface area contributed by atoms with Gasteiger partial charge in [-0.25, -0.2) is 9.67 Å². The fourth-order valence-electron chi connectivity index (χ4n) is 3.09. The van der Waals surface area contributed by atoms with Crippen LogP contribution in [0.15, 0.2) is 35.7 Å². The zero-order valence-corrected chi connectivity index (χ0v) is 16.8. The summed E-state index contributed by atoms with van der Waals surface area (Å²) in [6, 6.07) is 9.55. The van der Waals surface area contributed by atoms with E-state index in [0.29, 0.717) is 18.7 Å². The molecule has 0 aliphatic heterocycles. The van der Waals surface area contributed by atoms with E-state index in [9.17, 15) is 4.79 Å². The molecular weight excluding hydrogens is 374 g/mol. The molecule has 3 heterocycles. The lowest BCUT2D eigenvalue weighted by Gasteiger charge is -2.02. The molecule has 0 unspecified atom stereocenters. The molecule has 144 valence electrons. The molecule has 4 rings (SSSR count). The molecule has 4 aromatic rings. The second-order valence-corrected chi connectivity index (χ2v) is 7.44. The molecule has 1 aromatic carbocycles. The molecular formula is C20H21N5O2S. The first-order valence-corrected chi connectivity index (χ1v) is 9.84. The predicted octanol–water partition coefficient (Wildman–Crippen LogP) is 3.41. The van der Waals surface area contributed by atoms with Crippen molar-refractivity contribution in [1.82, 2.24) is 25.1 Å². The van der Waals surface area contributed by atoms with Gasteiger partial charge in [-0.15, -0.1) is 11.3 Å². The van der Waals surface area contributed by atoms with Crippen LogP contribution in [0.4, 0.5) is 0 Å². The number of carbonyl (C=O) groups is 1. The predicted molar refractivity (Wildman–Crippen MR) is 110 cm³/mol. The Balaban J connectivity index is 1.37. The van der Waals surface area contributed by atoms with Gasteiger partial charge in [0.1, 0.15) is 11.4 Å². The Kier molecular flexibility index (Phi) is 4.87. The summed E-state index contributed by atoms with van der Waals surface area (Å²) in [7, 11) is 1.62. The molecule has 8 heteroatoms. The van der Waals surface area contributed by atoms with Crippen LogP contribution in [0.25, 0.3) is 16.0 Å². The molecule has 7 nitrogen and oxygen atoms in total. The number of amides is 1. The molecule has 0 saturated carbocycles. The van der Waals surface area contributed by atoms with Crippen molar-refractivity contribution in [3.63, 3.8) is 0 Å². The van der Waals surface area contributed by atoms with Crippen molar-refractivity contribution < 1.29 is 9.53 Å². The lowest BCUT2D eigenvalue weighted by molar-refractivity contribution is 0.0950. The summed E-state index contributed by atoms with van der Waals surface area (Å²) in [5, 5.41) is 11.2. The van der Waals surface area contributed by atoms with E-state index >= 15 is 0 Å². The lowest BCUT2D eigenvalue weighted by atomic mass is 10.2. The smallest absolute Gasteiger partial charge is 0.267 e. The third kappa shape index (κ3) is 3.63. The van der Waals surface area contributed by atoms with E-state index in [4.69, 9.17) is 4.74 Å². The minimum Gasteiger partial charge on any atom is -0.497 e. The lowest BCUT2D eigenvalue weighted by Crippen LogP contribution is -2.26. The number of aromatic amines is 1. The van der Waals surface area contributed by atoms with Crippen LogP contribution in [0.2, 0.25) is 0 Å². The summed E-state index contributed by atoms with van der Waals surface area (Å²) in [4.78, 5) is 20.2. The number of rotatable bonds is 6. The first-order valence-electron chi connectivity index (χ1n) is 8.96. The Morgan fingerprint density at radius 3 is 2.89 bits per heavy atom. The van der Waals surface area contributed by atoms with Crippen LogP contribution in [0, 0.1) is 13.8 Å². The molecule has 0 aliphatic rings. The minimum atomic E-state index is -0.135. The summed E-state index contributed by atoms with van der Waals surface area (Å²) in [6.45, 7) is 4.49. The van der Waals surface area contributed by atoms with Crippen molar-refractivity contribution in [2.24, 2.45) is 0 Å². The third-order valence-electron chi connectivity index (χ3n) is 4.47. The number of hydrogen-bond donors (Lipinski definition) is 2.